The Hall–Kier alpha value is -3.15. The molecule has 0 saturated heterocycles. The third-order valence-electron chi connectivity index (χ3n) is 3.92. The second-order valence-electron chi connectivity index (χ2n) is 5.56. The van der Waals surface area contributed by atoms with Crippen LogP contribution in [0.5, 0.6) is 5.75 Å². The zero-order valence-electron chi connectivity index (χ0n) is 13.9. The normalized spacial score (nSPS) is 11.8. The molecule has 128 valence electrons. The van der Waals surface area contributed by atoms with Gasteiger partial charge in [-0.3, -0.25) is 4.79 Å². The number of nitrogens with one attached hydrogen (secondary N) is 1. The van der Waals surface area contributed by atoms with Gasteiger partial charge in [0.25, 0.3) is 5.91 Å². The Bertz CT molecular complexity index is 878. The van der Waals surface area contributed by atoms with Crippen LogP contribution in [0, 0.1) is 5.82 Å². The second-order valence-corrected chi connectivity index (χ2v) is 5.56. The van der Waals surface area contributed by atoms with Gasteiger partial charge in [-0.25, -0.2) is 9.07 Å². The van der Waals surface area contributed by atoms with Gasteiger partial charge in [0.1, 0.15) is 0 Å². The molecule has 0 bridgehead atoms. The van der Waals surface area contributed by atoms with E-state index in [9.17, 15) is 9.18 Å². The van der Waals surface area contributed by atoms with Crippen molar-refractivity contribution in [3.63, 3.8) is 0 Å². The summed E-state index contributed by atoms with van der Waals surface area (Å²) in [4.78, 5) is 12.7. The number of para-hydroxylation sites is 1. The lowest BCUT2D eigenvalue weighted by Gasteiger charge is -2.17. The Morgan fingerprint density at radius 2 is 2.04 bits per heavy atom. The van der Waals surface area contributed by atoms with Crippen molar-refractivity contribution < 1.29 is 13.9 Å². The van der Waals surface area contributed by atoms with Gasteiger partial charge in [0.15, 0.2) is 11.6 Å². The van der Waals surface area contributed by atoms with Gasteiger partial charge in [0.05, 0.1) is 24.4 Å². The Kier molecular flexibility index (Phi) is 4.79. The third kappa shape index (κ3) is 3.52. The van der Waals surface area contributed by atoms with E-state index in [1.54, 1.807) is 54.3 Å². The molecule has 0 aliphatic carbocycles. The lowest BCUT2D eigenvalue weighted by Crippen LogP contribution is -2.27. The first-order valence-corrected chi connectivity index (χ1v) is 7.83. The molecule has 1 atom stereocenters. The molecule has 1 N–H and O–H groups in total. The molecule has 1 heterocycles. The van der Waals surface area contributed by atoms with Crippen LogP contribution in [0.15, 0.2) is 60.9 Å². The molecule has 5 nitrogen and oxygen atoms in total. The summed E-state index contributed by atoms with van der Waals surface area (Å²) >= 11 is 0. The molecule has 0 saturated carbocycles. The molecule has 2 aromatic carbocycles. The van der Waals surface area contributed by atoms with E-state index in [-0.39, 0.29) is 17.7 Å². The summed E-state index contributed by atoms with van der Waals surface area (Å²) in [6.07, 6.45) is 3.42. The van der Waals surface area contributed by atoms with Crippen molar-refractivity contribution in [3.05, 3.63) is 77.9 Å². The first-order chi connectivity index (χ1) is 12.1. The lowest BCUT2D eigenvalue weighted by molar-refractivity contribution is 0.0939. The SMILES string of the molecule is COc1ccc([C@@H](C)NC(=O)c2ccccc2-n2cccn2)cc1F. The minimum Gasteiger partial charge on any atom is -0.494 e. The maximum atomic E-state index is 13.9. The first kappa shape index (κ1) is 16.7. The number of carbonyl (C=O) groups excluding carboxylic acids is 1. The molecule has 0 aliphatic heterocycles. The van der Waals surface area contributed by atoms with Crippen LogP contribution in [0.25, 0.3) is 5.69 Å². The quantitative estimate of drug-likeness (QED) is 0.774. The highest BCUT2D eigenvalue weighted by atomic mass is 19.1. The van der Waals surface area contributed by atoms with Crippen molar-refractivity contribution in [1.82, 2.24) is 15.1 Å². The van der Waals surface area contributed by atoms with Gasteiger partial charge in [0, 0.05) is 12.4 Å². The van der Waals surface area contributed by atoms with Crippen LogP contribution in [0.1, 0.15) is 28.9 Å². The van der Waals surface area contributed by atoms with Crippen molar-refractivity contribution in [2.24, 2.45) is 0 Å². The van der Waals surface area contributed by atoms with Crippen molar-refractivity contribution in [1.29, 1.82) is 0 Å². The number of nitrogens with zero attached hydrogens (tertiary/aromatic N) is 2. The molecule has 3 rings (SSSR count). The number of hydrogen-bond acceptors (Lipinski definition) is 3. The number of methoxy groups -OCH3 is 1. The summed E-state index contributed by atoms with van der Waals surface area (Å²) < 4.78 is 20.4. The van der Waals surface area contributed by atoms with E-state index in [1.807, 2.05) is 12.1 Å². The second kappa shape index (κ2) is 7.17. The molecule has 0 unspecified atom stereocenters. The minimum absolute atomic E-state index is 0.173. The number of benzene rings is 2. The Morgan fingerprint density at radius 3 is 2.72 bits per heavy atom. The molecule has 25 heavy (non-hydrogen) atoms. The third-order valence-corrected chi connectivity index (χ3v) is 3.92. The fourth-order valence-electron chi connectivity index (χ4n) is 2.59. The van der Waals surface area contributed by atoms with Gasteiger partial charge in [-0.1, -0.05) is 18.2 Å². The summed E-state index contributed by atoms with van der Waals surface area (Å²) in [6.45, 7) is 1.80. The summed E-state index contributed by atoms with van der Waals surface area (Å²) in [5, 5.41) is 7.06. The number of aromatic nitrogens is 2. The highest BCUT2D eigenvalue weighted by Gasteiger charge is 2.16. The van der Waals surface area contributed by atoms with Crippen LogP contribution in [0.4, 0.5) is 4.39 Å². The number of rotatable bonds is 5. The molecule has 0 radical (unpaired) electrons. The largest absolute Gasteiger partial charge is 0.494 e. The van der Waals surface area contributed by atoms with Crippen LogP contribution in [0.3, 0.4) is 0 Å². The maximum absolute atomic E-state index is 13.9. The first-order valence-electron chi connectivity index (χ1n) is 7.83. The average molecular weight is 339 g/mol. The fraction of sp³-hybridized carbons (Fsp3) is 0.158. The van der Waals surface area contributed by atoms with E-state index >= 15 is 0 Å². The number of amides is 1. The van der Waals surface area contributed by atoms with Crippen molar-refractivity contribution in [2.75, 3.05) is 7.11 Å². The molecule has 6 heteroatoms. The van der Waals surface area contributed by atoms with E-state index in [2.05, 4.69) is 10.4 Å². The molecule has 0 fully saturated rings. The Morgan fingerprint density at radius 1 is 1.24 bits per heavy atom. The van der Waals surface area contributed by atoms with E-state index in [4.69, 9.17) is 4.74 Å². The summed E-state index contributed by atoms with van der Waals surface area (Å²) in [5.74, 6) is -0.542. The maximum Gasteiger partial charge on any atom is 0.253 e. The van der Waals surface area contributed by atoms with Gasteiger partial charge in [-0.15, -0.1) is 0 Å². The predicted molar refractivity (Wildman–Crippen MR) is 92.4 cm³/mol. The number of hydrogen-bond donors (Lipinski definition) is 1. The van der Waals surface area contributed by atoms with E-state index in [0.717, 1.165) is 0 Å². The predicted octanol–water partition coefficient (Wildman–Crippen LogP) is 3.51. The van der Waals surface area contributed by atoms with Gasteiger partial charge in [-0.05, 0) is 42.8 Å². The van der Waals surface area contributed by atoms with E-state index in [0.29, 0.717) is 16.8 Å². The summed E-state index contributed by atoms with van der Waals surface area (Å²) in [5.41, 5.74) is 1.83. The minimum atomic E-state index is -0.460. The van der Waals surface area contributed by atoms with Gasteiger partial charge in [0.2, 0.25) is 0 Å². The number of halogens is 1. The van der Waals surface area contributed by atoms with Crippen LogP contribution >= 0.6 is 0 Å². The smallest absolute Gasteiger partial charge is 0.253 e. The van der Waals surface area contributed by atoms with Crippen LogP contribution in [0.2, 0.25) is 0 Å². The molecule has 1 aromatic heterocycles. The van der Waals surface area contributed by atoms with Crippen LogP contribution in [-0.2, 0) is 0 Å². The molecule has 3 aromatic rings. The molecule has 1 amide bonds. The number of carbonyl (C=O) groups is 1. The van der Waals surface area contributed by atoms with Gasteiger partial charge >= 0.3 is 0 Å². The molecular weight excluding hydrogens is 321 g/mol. The van der Waals surface area contributed by atoms with E-state index < -0.39 is 5.82 Å². The molecule has 0 aliphatic rings. The van der Waals surface area contributed by atoms with Gasteiger partial charge < -0.3 is 10.1 Å². The van der Waals surface area contributed by atoms with Gasteiger partial charge in [-0.2, -0.15) is 5.10 Å². The van der Waals surface area contributed by atoms with E-state index in [1.165, 1.54) is 13.2 Å². The lowest BCUT2D eigenvalue weighted by atomic mass is 10.1. The van der Waals surface area contributed by atoms with Crippen molar-refractivity contribution in [3.8, 4) is 11.4 Å². The zero-order chi connectivity index (χ0) is 17.8. The van der Waals surface area contributed by atoms with Crippen molar-refractivity contribution in [2.45, 2.75) is 13.0 Å². The topological polar surface area (TPSA) is 56.1 Å². The highest BCUT2D eigenvalue weighted by Crippen LogP contribution is 2.22. The Balaban J connectivity index is 1.82. The summed E-state index contributed by atoms with van der Waals surface area (Å²) in [6, 6.07) is 13.2. The average Bonchev–Trinajstić information content (AvgIpc) is 3.16. The zero-order valence-corrected chi connectivity index (χ0v) is 13.9. The molecule has 0 spiro atoms. The highest BCUT2D eigenvalue weighted by molar-refractivity contribution is 5.97. The van der Waals surface area contributed by atoms with Crippen molar-refractivity contribution >= 4 is 5.91 Å². The standard InChI is InChI=1S/C19H18FN3O2/c1-13(14-8-9-18(25-2)16(20)12-14)22-19(24)15-6-3-4-7-17(15)23-11-5-10-21-23/h3-13H,1-2H3,(H,22,24)/t13-/m1/s1. The number of ether oxygens (including phenoxy) is 1. The summed E-state index contributed by atoms with van der Waals surface area (Å²) in [7, 11) is 1.41. The fourth-order valence-corrected chi connectivity index (χ4v) is 2.59. The van der Waals surface area contributed by atoms with Crippen LogP contribution < -0.4 is 10.1 Å². The molecular formula is C19H18FN3O2. The monoisotopic (exact) mass is 339 g/mol. The van der Waals surface area contributed by atoms with Crippen LogP contribution in [-0.4, -0.2) is 22.8 Å². The Labute approximate surface area is 145 Å².